The molecule has 4 rings (SSSR count). The van der Waals surface area contributed by atoms with E-state index in [2.05, 4.69) is 24.4 Å². The second-order valence-electron chi connectivity index (χ2n) is 7.64. The smallest absolute Gasteiger partial charge is 0.338 e. The van der Waals surface area contributed by atoms with Crippen LogP contribution < -0.4 is 10.1 Å². The average molecular weight is 465 g/mol. The number of aromatic nitrogens is 3. The third-order valence-electron chi connectivity index (χ3n) is 5.46. The maximum Gasteiger partial charge on any atom is 0.338 e. The summed E-state index contributed by atoms with van der Waals surface area (Å²) in [6, 6.07) is 15.5. The topological polar surface area (TPSA) is 78.3 Å². The van der Waals surface area contributed by atoms with Gasteiger partial charge in [-0.15, -0.1) is 5.10 Å². The molecule has 0 spiro atoms. The van der Waals surface area contributed by atoms with Gasteiger partial charge < -0.3 is 14.8 Å². The van der Waals surface area contributed by atoms with Crippen LogP contribution in [-0.2, 0) is 15.3 Å². The van der Waals surface area contributed by atoms with Crippen LogP contribution in [0.5, 0.6) is 5.75 Å². The second-order valence-corrected chi connectivity index (χ2v) is 8.58. The zero-order valence-electron chi connectivity index (χ0n) is 19.3. The van der Waals surface area contributed by atoms with E-state index in [4.69, 9.17) is 19.6 Å². The Morgan fingerprint density at radius 2 is 1.85 bits per heavy atom. The zero-order chi connectivity index (χ0) is 23.4. The molecule has 3 aromatic rings. The van der Waals surface area contributed by atoms with E-state index in [0.29, 0.717) is 34.7 Å². The average Bonchev–Trinajstić information content (AvgIpc) is 3.21. The Morgan fingerprint density at radius 3 is 2.61 bits per heavy atom. The van der Waals surface area contributed by atoms with Crippen molar-refractivity contribution in [2.45, 2.75) is 44.6 Å². The summed E-state index contributed by atoms with van der Waals surface area (Å²) in [5.41, 5.74) is 4.50. The van der Waals surface area contributed by atoms with Gasteiger partial charge in [-0.3, -0.25) is 0 Å². The molecule has 1 N–H and O–H groups in total. The number of esters is 1. The van der Waals surface area contributed by atoms with Crippen LogP contribution in [0.2, 0.25) is 0 Å². The largest absolute Gasteiger partial charge is 0.494 e. The summed E-state index contributed by atoms with van der Waals surface area (Å²) < 4.78 is 13.1. The summed E-state index contributed by atoms with van der Waals surface area (Å²) in [7, 11) is 0. The van der Waals surface area contributed by atoms with Crippen molar-refractivity contribution in [3.8, 4) is 5.75 Å². The molecule has 0 aliphatic carbocycles. The number of carbonyl (C=O) groups excluding carboxylic acids is 1. The van der Waals surface area contributed by atoms with E-state index < -0.39 is 6.04 Å². The molecule has 2 aromatic carbocycles. The minimum Gasteiger partial charge on any atom is -0.494 e. The lowest BCUT2D eigenvalue weighted by molar-refractivity contribution is -0.139. The molecule has 0 bridgehead atoms. The van der Waals surface area contributed by atoms with Crippen molar-refractivity contribution in [3.05, 3.63) is 76.5 Å². The van der Waals surface area contributed by atoms with Crippen molar-refractivity contribution in [1.29, 1.82) is 0 Å². The molecule has 172 valence electrons. The Bertz CT molecular complexity index is 1190. The summed E-state index contributed by atoms with van der Waals surface area (Å²) in [6.07, 6.45) is 0. The molecule has 0 saturated heterocycles. The van der Waals surface area contributed by atoms with E-state index in [-0.39, 0.29) is 12.6 Å². The number of ether oxygens (including phenoxy) is 2. The van der Waals surface area contributed by atoms with Crippen molar-refractivity contribution in [2.24, 2.45) is 0 Å². The van der Waals surface area contributed by atoms with Gasteiger partial charge in [0.15, 0.2) is 0 Å². The fourth-order valence-corrected chi connectivity index (χ4v) is 4.77. The Morgan fingerprint density at radius 1 is 1.09 bits per heavy atom. The van der Waals surface area contributed by atoms with Crippen molar-refractivity contribution < 1.29 is 14.3 Å². The SMILES string of the molecule is CCOC(=O)C1=C(C)Nc2nc(SCc3ccccc3C)nn2[C@@H]1c1ccccc1OCC. The van der Waals surface area contributed by atoms with Crippen LogP contribution in [-0.4, -0.2) is 33.9 Å². The van der Waals surface area contributed by atoms with E-state index in [0.717, 1.165) is 11.3 Å². The van der Waals surface area contributed by atoms with Crippen LogP contribution in [0.15, 0.2) is 65.0 Å². The molecule has 7 nitrogen and oxygen atoms in total. The normalized spacial score (nSPS) is 15.1. The molecule has 8 heteroatoms. The molecule has 0 fully saturated rings. The zero-order valence-corrected chi connectivity index (χ0v) is 20.1. The first-order valence-corrected chi connectivity index (χ1v) is 12.0. The molecular weight excluding hydrogens is 436 g/mol. The third kappa shape index (κ3) is 4.75. The molecule has 0 amide bonds. The summed E-state index contributed by atoms with van der Waals surface area (Å²) in [4.78, 5) is 17.7. The first-order chi connectivity index (χ1) is 16.0. The van der Waals surface area contributed by atoms with Crippen LogP contribution in [0.1, 0.15) is 43.5 Å². The first-order valence-electron chi connectivity index (χ1n) is 11.0. The number of carbonyl (C=O) groups is 1. The lowest BCUT2D eigenvalue weighted by Gasteiger charge is -2.29. The number of allylic oxidation sites excluding steroid dienone is 1. The number of hydrogen-bond acceptors (Lipinski definition) is 7. The third-order valence-corrected chi connectivity index (χ3v) is 6.35. The van der Waals surface area contributed by atoms with Crippen molar-refractivity contribution in [2.75, 3.05) is 18.5 Å². The highest BCUT2D eigenvalue weighted by Gasteiger charge is 2.36. The van der Waals surface area contributed by atoms with Crippen LogP contribution in [0.3, 0.4) is 0 Å². The van der Waals surface area contributed by atoms with Crippen LogP contribution in [0.25, 0.3) is 0 Å². The number of anilines is 1. The van der Waals surface area contributed by atoms with Crippen molar-refractivity contribution >= 4 is 23.7 Å². The number of nitrogens with zero attached hydrogens (tertiary/aromatic N) is 3. The number of para-hydroxylation sites is 1. The van der Waals surface area contributed by atoms with Gasteiger partial charge in [0, 0.05) is 17.0 Å². The van der Waals surface area contributed by atoms with E-state index in [1.54, 1.807) is 23.4 Å². The lowest BCUT2D eigenvalue weighted by atomic mass is 9.95. The Kier molecular flexibility index (Phi) is 7.03. The highest BCUT2D eigenvalue weighted by Crippen LogP contribution is 2.40. The fourth-order valence-electron chi connectivity index (χ4n) is 3.86. The van der Waals surface area contributed by atoms with Gasteiger partial charge in [-0.25, -0.2) is 9.48 Å². The summed E-state index contributed by atoms with van der Waals surface area (Å²) in [5.74, 6) is 1.67. The summed E-state index contributed by atoms with van der Waals surface area (Å²) in [6.45, 7) is 8.50. The van der Waals surface area contributed by atoms with Gasteiger partial charge in [-0.05, 0) is 44.9 Å². The van der Waals surface area contributed by atoms with E-state index in [9.17, 15) is 4.79 Å². The Balaban J connectivity index is 1.74. The fraction of sp³-hybridized carbons (Fsp3) is 0.320. The molecule has 1 aromatic heterocycles. The lowest BCUT2D eigenvalue weighted by Crippen LogP contribution is -2.30. The van der Waals surface area contributed by atoms with E-state index in [1.807, 2.05) is 50.2 Å². The van der Waals surface area contributed by atoms with Gasteiger partial charge in [-0.1, -0.05) is 54.2 Å². The van der Waals surface area contributed by atoms with Gasteiger partial charge in [0.25, 0.3) is 0 Å². The first kappa shape index (κ1) is 22.9. The van der Waals surface area contributed by atoms with Gasteiger partial charge in [-0.2, -0.15) is 4.98 Å². The Labute approximate surface area is 198 Å². The number of aryl methyl sites for hydroxylation is 1. The van der Waals surface area contributed by atoms with Gasteiger partial charge >= 0.3 is 5.97 Å². The predicted molar refractivity (Wildman–Crippen MR) is 129 cm³/mol. The summed E-state index contributed by atoms with van der Waals surface area (Å²) >= 11 is 1.57. The summed E-state index contributed by atoms with van der Waals surface area (Å²) in [5, 5.41) is 8.67. The van der Waals surface area contributed by atoms with Gasteiger partial charge in [0.05, 0.1) is 18.8 Å². The molecule has 2 heterocycles. The monoisotopic (exact) mass is 464 g/mol. The molecule has 33 heavy (non-hydrogen) atoms. The molecule has 0 unspecified atom stereocenters. The van der Waals surface area contributed by atoms with Crippen LogP contribution in [0.4, 0.5) is 5.95 Å². The maximum atomic E-state index is 13.0. The molecular formula is C25H28N4O3S. The molecule has 0 radical (unpaired) electrons. The highest BCUT2D eigenvalue weighted by atomic mass is 32.2. The van der Waals surface area contributed by atoms with Crippen molar-refractivity contribution in [3.63, 3.8) is 0 Å². The van der Waals surface area contributed by atoms with Crippen molar-refractivity contribution in [1.82, 2.24) is 14.8 Å². The molecule has 1 aliphatic rings. The van der Waals surface area contributed by atoms with E-state index >= 15 is 0 Å². The number of benzene rings is 2. The number of thioether (sulfide) groups is 1. The standard InChI is InChI=1S/C25H28N4O3S/c1-5-31-20-14-10-9-13-19(20)22-21(23(30)32-6-2)17(4)26-24-27-25(28-29(22)24)33-15-18-12-8-7-11-16(18)3/h7-14,22H,5-6,15H2,1-4H3,(H,26,27,28)/t22-/m1/s1. The molecule has 1 aliphatic heterocycles. The highest BCUT2D eigenvalue weighted by molar-refractivity contribution is 7.98. The van der Waals surface area contributed by atoms with Gasteiger partial charge in [0.1, 0.15) is 11.8 Å². The number of nitrogens with one attached hydrogen (secondary N) is 1. The molecule has 1 atom stereocenters. The maximum absolute atomic E-state index is 13.0. The minimum atomic E-state index is -0.511. The number of rotatable bonds is 8. The van der Waals surface area contributed by atoms with Gasteiger partial charge in [0.2, 0.25) is 11.1 Å². The van der Waals surface area contributed by atoms with E-state index in [1.165, 1.54) is 11.1 Å². The van der Waals surface area contributed by atoms with Crippen LogP contribution in [0, 0.1) is 6.92 Å². The second kappa shape index (κ2) is 10.1. The van der Waals surface area contributed by atoms with Crippen LogP contribution >= 0.6 is 11.8 Å². The Hall–Kier alpha value is -3.26. The number of hydrogen-bond donors (Lipinski definition) is 1. The predicted octanol–water partition coefficient (Wildman–Crippen LogP) is 5.13. The molecule has 0 saturated carbocycles. The number of fused-ring (bicyclic) bond motifs is 1. The minimum absolute atomic E-state index is 0.289. The quantitative estimate of drug-likeness (QED) is 0.366.